The summed E-state index contributed by atoms with van der Waals surface area (Å²) in [4.78, 5) is 29.3. The van der Waals surface area contributed by atoms with E-state index in [2.05, 4.69) is 21.4 Å². The number of aryl methyl sites for hydroxylation is 1. The molecule has 0 aliphatic rings. The number of thiocarbonyl (C=S) groups is 1. The summed E-state index contributed by atoms with van der Waals surface area (Å²) in [6.07, 6.45) is 2.98. The van der Waals surface area contributed by atoms with Gasteiger partial charge in [0.1, 0.15) is 0 Å². The van der Waals surface area contributed by atoms with E-state index in [-0.39, 0.29) is 17.2 Å². The Hall–Kier alpha value is -5.75. The lowest BCUT2D eigenvalue weighted by molar-refractivity contribution is -0.138. The number of nitrogens with zero attached hydrogens (tertiary/aromatic N) is 5. The van der Waals surface area contributed by atoms with Gasteiger partial charge in [-0.05, 0) is 60.5 Å². The molecule has 2 aromatic heterocycles. The smallest absolute Gasteiger partial charge is 0.416 e. The van der Waals surface area contributed by atoms with Crippen molar-refractivity contribution in [3.63, 3.8) is 0 Å². The molecule has 250 valence electrons. The minimum atomic E-state index is -4.48. The maximum atomic E-state index is 13.7. The molecule has 0 atom stereocenters. The van der Waals surface area contributed by atoms with Gasteiger partial charge < -0.3 is 29.7 Å². The van der Waals surface area contributed by atoms with Crippen LogP contribution in [0.15, 0.2) is 91.5 Å². The minimum Gasteiger partial charge on any atom is -0.481 e. The molecule has 3 N–H and O–H groups in total. The van der Waals surface area contributed by atoms with E-state index in [9.17, 15) is 22.8 Å². The molecule has 2 aromatic carbocycles. The Kier molecular flexibility index (Phi) is 13.6. The Balaban J connectivity index is 0.000000694. The largest absolute Gasteiger partial charge is 0.481 e. The van der Waals surface area contributed by atoms with Crippen LogP contribution < -0.4 is 10.1 Å². The number of anilines is 1. The summed E-state index contributed by atoms with van der Waals surface area (Å²) in [5.41, 5.74) is 2.66. The van der Waals surface area contributed by atoms with E-state index >= 15 is 0 Å². The van der Waals surface area contributed by atoms with Crippen LogP contribution in [0.4, 0.5) is 18.9 Å². The van der Waals surface area contributed by atoms with Crippen LogP contribution in [0.3, 0.4) is 0 Å². The lowest BCUT2D eigenvalue weighted by Gasteiger charge is -2.27. The van der Waals surface area contributed by atoms with E-state index < -0.39 is 23.7 Å². The molecule has 0 unspecified atom stereocenters. The van der Waals surface area contributed by atoms with Gasteiger partial charge in [-0.3, -0.25) is 0 Å². The van der Waals surface area contributed by atoms with E-state index in [4.69, 9.17) is 32.4 Å². The molecule has 0 aliphatic heterocycles. The number of carboxylic acids is 2. The highest BCUT2D eigenvalue weighted by Gasteiger charge is 2.33. The Bertz CT molecular complexity index is 1740. The van der Waals surface area contributed by atoms with Gasteiger partial charge in [0.25, 0.3) is 0 Å². The molecule has 11 nitrogen and oxygen atoms in total. The van der Waals surface area contributed by atoms with Crippen LogP contribution in [0.25, 0.3) is 0 Å². The number of hydrogen-bond acceptors (Lipinski definition) is 7. The molecule has 0 spiro atoms. The number of pyridine rings is 1. The van der Waals surface area contributed by atoms with Gasteiger partial charge in [-0.25, -0.2) is 19.6 Å². The Morgan fingerprint density at radius 1 is 1.06 bits per heavy atom. The third kappa shape index (κ3) is 11.9. The van der Waals surface area contributed by atoms with Crippen LogP contribution in [0.5, 0.6) is 5.88 Å². The van der Waals surface area contributed by atoms with Crippen molar-refractivity contribution in [1.82, 2.24) is 19.4 Å². The second kappa shape index (κ2) is 17.8. The number of methoxy groups -OCH3 is 1. The Morgan fingerprint density at radius 2 is 1.75 bits per heavy atom. The lowest BCUT2D eigenvalue weighted by Crippen LogP contribution is -2.36. The molecule has 2 heterocycles. The van der Waals surface area contributed by atoms with Crippen LogP contribution in [-0.2, 0) is 35.3 Å². The summed E-state index contributed by atoms with van der Waals surface area (Å²) < 4.78 is 48.2. The molecular formula is C33H31F3N6O5S. The summed E-state index contributed by atoms with van der Waals surface area (Å²) in [7, 11) is 1.51. The predicted octanol–water partition coefficient (Wildman–Crippen LogP) is 5.77. The van der Waals surface area contributed by atoms with Crippen molar-refractivity contribution in [3.8, 4) is 11.9 Å². The summed E-state index contributed by atoms with van der Waals surface area (Å²) >= 11 is 5.63. The van der Waals surface area contributed by atoms with Gasteiger partial charge in [0.2, 0.25) is 5.88 Å². The van der Waals surface area contributed by atoms with Crippen LogP contribution in [0.2, 0.25) is 0 Å². The van der Waals surface area contributed by atoms with Crippen molar-refractivity contribution in [2.45, 2.75) is 32.1 Å². The summed E-state index contributed by atoms with van der Waals surface area (Å²) in [5.74, 6) is -2.08. The van der Waals surface area contributed by atoms with Crippen molar-refractivity contribution in [2.24, 2.45) is 0 Å². The first-order valence-electron chi connectivity index (χ1n) is 14.2. The number of imidazole rings is 1. The van der Waals surface area contributed by atoms with Crippen molar-refractivity contribution in [3.05, 3.63) is 119 Å². The normalized spacial score (nSPS) is 10.8. The predicted molar refractivity (Wildman–Crippen MR) is 174 cm³/mol. The average molecular weight is 681 g/mol. The first kappa shape index (κ1) is 36.7. The number of rotatable bonds is 12. The lowest BCUT2D eigenvalue weighted by atomic mass is 10.1. The number of halogens is 3. The molecule has 4 rings (SSSR count). The second-order valence-electron chi connectivity index (χ2n) is 10.0. The van der Waals surface area contributed by atoms with Gasteiger partial charge in [0, 0.05) is 49.7 Å². The van der Waals surface area contributed by atoms with Gasteiger partial charge in [0.15, 0.2) is 5.11 Å². The molecule has 0 bridgehead atoms. The Labute approximate surface area is 279 Å². The zero-order valence-electron chi connectivity index (χ0n) is 25.6. The zero-order chi connectivity index (χ0) is 35.1. The summed E-state index contributed by atoms with van der Waals surface area (Å²) in [6.45, 7) is 0.980. The molecular weight excluding hydrogens is 649 g/mol. The molecule has 0 saturated carbocycles. The third-order valence-corrected chi connectivity index (χ3v) is 6.99. The molecule has 4 aromatic rings. The molecule has 0 fully saturated rings. The number of ether oxygens (including phenoxy) is 1. The summed E-state index contributed by atoms with van der Waals surface area (Å²) in [6, 6.07) is 18.4. The van der Waals surface area contributed by atoms with Crippen LogP contribution in [0, 0.1) is 11.3 Å². The first-order valence-corrected chi connectivity index (χ1v) is 14.6. The van der Waals surface area contributed by atoms with Crippen molar-refractivity contribution in [2.75, 3.05) is 19.0 Å². The highest BCUT2D eigenvalue weighted by atomic mass is 32.1. The Morgan fingerprint density at radius 3 is 2.33 bits per heavy atom. The monoisotopic (exact) mass is 680 g/mol. The average Bonchev–Trinajstić information content (AvgIpc) is 3.50. The fraction of sp³-hybridized carbons (Fsp3) is 0.212. The molecule has 15 heteroatoms. The molecule has 0 aliphatic carbocycles. The van der Waals surface area contributed by atoms with E-state index in [0.29, 0.717) is 55.2 Å². The maximum Gasteiger partial charge on any atom is 0.416 e. The van der Waals surface area contributed by atoms with Gasteiger partial charge in [-0.1, -0.05) is 30.3 Å². The fourth-order valence-corrected chi connectivity index (χ4v) is 4.62. The van der Waals surface area contributed by atoms with Crippen LogP contribution >= 0.6 is 12.2 Å². The minimum absolute atomic E-state index is 0.0183. The van der Waals surface area contributed by atoms with Gasteiger partial charge >= 0.3 is 18.1 Å². The molecule has 0 saturated heterocycles. The summed E-state index contributed by atoms with van der Waals surface area (Å²) in [5, 5.41) is 28.0. The van der Waals surface area contributed by atoms with E-state index in [1.165, 1.54) is 19.2 Å². The maximum absolute atomic E-state index is 13.7. The van der Waals surface area contributed by atoms with Crippen molar-refractivity contribution < 1.29 is 37.7 Å². The molecule has 48 heavy (non-hydrogen) atoms. The van der Waals surface area contributed by atoms with Crippen LogP contribution in [-0.4, -0.2) is 60.4 Å². The number of benzene rings is 2. The SMILES string of the molecule is COc1ccc(NC(=S)N(CCCc2cncn2Cc2ccc(C#N)cc2)Cc2ccccc2C(F)(F)F)cn1.O=C(O)C=CC(=O)O. The molecule has 0 amide bonds. The van der Waals surface area contributed by atoms with Gasteiger partial charge in [0.05, 0.1) is 42.5 Å². The highest BCUT2D eigenvalue weighted by Crippen LogP contribution is 2.32. The number of nitriles is 1. The standard InChI is InChI=1S/C29H27F3N6OS.C4H4O4/c1-39-27-13-12-24(16-35-27)36-28(40)37(19-23-5-2-3-7-26(23)29(30,31)32)14-4-6-25-17-34-20-38(25)18-22-10-8-21(15-33)9-11-22;5-3(6)1-2-4(7)8/h2-3,5,7-13,16-17,20H,4,6,14,18-19H2,1H3,(H,36,40);1-2H,(H,5,6)(H,7,8). The van der Waals surface area contributed by atoms with Gasteiger partial charge in [-0.2, -0.15) is 18.4 Å². The molecule has 0 radical (unpaired) electrons. The first-order chi connectivity index (χ1) is 22.9. The second-order valence-corrected chi connectivity index (χ2v) is 10.4. The zero-order valence-corrected chi connectivity index (χ0v) is 26.4. The number of carbonyl (C=O) groups is 2. The number of hydrogen-bond donors (Lipinski definition) is 3. The number of aromatic nitrogens is 3. The van der Waals surface area contributed by atoms with Gasteiger partial charge in [-0.15, -0.1) is 0 Å². The number of alkyl halides is 3. The van der Waals surface area contributed by atoms with Crippen molar-refractivity contribution >= 4 is 35.0 Å². The van der Waals surface area contributed by atoms with Crippen LogP contribution in [0.1, 0.15) is 34.4 Å². The number of nitrogens with one attached hydrogen (secondary N) is 1. The highest BCUT2D eigenvalue weighted by molar-refractivity contribution is 7.80. The van der Waals surface area contributed by atoms with E-state index in [1.807, 2.05) is 16.7 Å². The number of carboxylic acid groups (broad SMARTS) is 2. The topological polar surface area (TPSA) is 154 Å². The van der Waals surface area contributed by atoms with E-state index in [1.54, 1.807) is 54.0 Å². The van der Waals surface area contributed by atoms with Crippen molar-refractivity contribution in [1.29, 1.82) is 5.26 Å². The van der Waals surface area contributed by atoms with E-state index in [0.717, 1.165) is 17.3 Å². The third-order valence-electron chi connectivity index (χ3n) is 6.63. The fourth-order valence-electron chi connectivity index (χ4n) is 4.34. The number of aliphatic carboxylic acids is 2. The quantitative estimate of drug-likeness (QED) is 0.123.